The predicted octanol–water partition coefficient (Wildman–Crippen LogP) is 3.01. The number of rotatable bonds is 1. The fraction of sp³-hybridized carbons (Fsp3) is 0.500. The van der Waals surface area contributed by atoms with Crippen LogP contribution in [0.2, 0.25) is 0 Å². The van der Waals surface area contributed by atoms with E-state index in [2.05, 4.69) is 0 Å². The Morgan fingerprint density at radius 2 is 2.27 bits per heavy atom. The van der Waals surface area contributed by atoms with E-state index < -0.39 is 17.4 Å². The molecule has 0 saturated heterocycles. The highest BCUT2D eigenvalue weighted by Crippen LogP contribution is 2.31. The zero-order valence-electron chi connectivity index (χ0n) is 6.27. The van der Waals surface area contributed by atoms with Gasteiger partial charge in [-0.2, -0.15) is 0 Å². The number of hydrogen-bond acceptors (Lipinski definition) is 1. The van der Waals surface area contributed by atoms with Gasteiger partial charge in [0.2, 0.25) is 0 Å². The molecule has 1 rings (SSSR count). The Balaban J connectivity index is 2.88. The van der Waals surface area contributed by atoms with Crippen LogP contribution in [-0.4, -0.2) is 5.11 Å². The van der Waals surface area contributed by atoms with Gasteiger partial charge >= 0.3 is 0 Å². The summed E-state index contributed by atoms with van der Waals surface area (Å²) in [5.74, 6) is -2.71. The molecule has 1 aliphatic carbocycles. The molecule has 0 bridgehead atoms. The molecule has 11 heavy (non-hydrogen) atoms. The molecule has 0 radical (unpaired) electrons. The van der Waals surface area contributed by atoms with Gasteiger partial charge in [0, 0.05) is 5.92 Å². The van der Waals surface area contributed by atoms with E-state index in [1.165, 1.54) is 6.08 Å². The summed E-state index contributed by atoms with van der Waals surface area (Å²) in [5, 5.41) is 8.81. The molecule has 1 unspecified atom stereocenters. The van der Waals surface area contributed by atoms with E-state index in [4.69, 9.17) is 5.11 Å². The Bertz CT molecular complexity index is 218. The zero-order valence-corrected chi connectivity index (χ0v) is 6.27. The van der Waals surface area contributed by atoms with Crippen LogP contribution in [0.25, 0.3) is 0 Å². The van der Waals surface area contributed by atoms with Crippen molar-refractivity contribution in [3.05, 3.63) is 23.5 Å². The molecule has 0 saturated carbocycles. The predicted molar refractivity (Wildman–Crippen MR) is 38.4 cm³/mol. The van der Waals surface area contributed by atoms with Crippen molar-refractivity contribution in [2.45, 2.75) is 19.8 Å². The number of aliphatic hydroxyl groups excluding tert-OH is 1. The smallest absolute Gasteiger partial charge is 0.183 e. The van der Waals surface area contributed by atoms with Crippen LogP contribution in [0.3, 0.4) is 0 Å². The summed E-state index contributed by atoms with van der Waals surface area (Å²) in [6.45, 7) is 1.80. The third-order valence-electron chi connectivity index (χ3n) is 1.89. The van der Waals surface area contributed by atoms with E-state index in [0.717, 1.165) is 0 Å². The van der Waals surface area contributed by atoms with Crippen molar-refractivity contribution in [1.29, 1.82) is 0 Å². The van der Waals surface area contributed by atoms with Gasteiger partial charge in [0.25, 0.3) is 0 Å². The number of allylic oxidation sites excluding steroid dienone is 3. The maximum atomic E-state index is 12.8. The summed E-state index contributed by atoms with van der Waals surface area (Å²) < 4.78 is 25.3. The quantitative estimate of drug-likeness (QED) is 0.625. The Morgan fingerprint density at radius 1 is 1.64 bits per heavy atom. The molecule has 0 aliphatic heterocycles. The SMILES string of the molecule is CCC1CC=C(F)C(O)=C1F. The molecule has 0 spiro atoms. The standard InChI is InChI=1S/C8H10F2O/c1-2-5-3-4-6(9)8(11)7(5)10/h4-5,11H,2-3H2,1H3. The second kappa shape index (κ2) is 3.03. The van der Waals surface area contributed by atoms with Crippen LogP contribution < -0.4 is 0 Å². The van der Waals surface area contributed by atoms with Crippen molar-refractivity contribution < 1.29 is 13.9 Å². The van der Waals surface area contributed by atoms with Gasteiger partial charge in [-0.25, -0.2) is 8.78 Å². The summed E-state index contributed by atoms with van der Waals surface area (Å²) in [6, 6.07) is 0. The van der Waals surface area contributed by atoms with Gasteiger partial charge in [0.05, 0.1) is 0 Å². The molecule has 1 N–H and O–H groups in total. The topological polar surface area (TPSA) is 20.2 Å². The number of hydrogen-bond donors (Lipinski definition) is 1. The first-order valence-electron chi connectivity index (χ1n) is 3.61. The van der Waals surface area contributed by atoms with E-state index in [0.29, 0.717) is 12.8 Å². The third-order valence-corrected chi connectivity index (χ3v) is 1.89. The maximum absolute atomic E-state index is 12.8. The first-order chi connectivity index (χ1) is 5.16. The van der Waals surface area contributed by atoms with E-state index in [1.54, 1.807) is 6.92 Å². The molecule has 0 heterocycles. The highest BCUT2D eigenvalue weighted by molar-refractivity contribution is 5.26. The van der Waals surface area contributed by atoms with Crippen LogP contribution in [0.15, 0.2) is 23.5 Å². The lowest BCUT2D eigenvalue weighted by Gasteiger charge is -2.15. The summed E-state index contributed by atoms with van der Waals surface area (Å²) in [6.07, 6.45) is 2.14. The first-order valence-corrected chi connectivity index (χ1v) is 3.61. The molecule has 0 aromatic rings. The second-order valence-electron chi connectivity index (χ2n) is 2.59. The maximum Gasteiger partial charge on any atom is 0.183 e. The molecule has 1 aliphatic rings. The Kier molecular flexibility index (Phi) is 2.27. The molecule has 62 valence electrons. The normalized spacial score (nSPS) is 25.4. The highest BCUT2D eigenvalue weighted by Gasteiger charge is 2.23. The van der Waals surface area contributed by atoms with E-state index in [-0.39, 0.29) is 5.92 Å². The van der Waals surface area contributed by atoms with Crippen molar-refractivity contribution in [1.82, 2.24) is 0 Å². The fourth-order valence-electron chi connectivity index (χ4n) is 1.10. The summed E-state index contributed by atoms with van der Waals surface area (Å²) in [7, 11) is 0. The minimum absolute atomic E-state index is 0.338. The summed E-state index contributed by atoms with van der Waals surface area (Å²) in [4.78, 5) is 0. The van der Waals surface area contributed by atoms with Crippen LogP contribution in [-0.2, 0) is 0 Å². The van der Waals surface area contributed by atoms with E-state index >= 15 is 0 Å². The van der Waals surface area contributed by atoms with Crippen LogP contribution in [0, 0.1) is 5.92 Å². The molecular formula is C8H10F2O. The number of aliphatic hydroxyl groups is 1. The molecule has 0 aromatic heterocycles. The fourth-order valence-corrected chi connectivity index (χ4v) is 1.10. The van der Waals surface area contributed by atoms with Crippen LogP contribution in [0.1, 0.15) is 19.8 Å². The lowest BCUT2D eigenvalue weighted by molar-refractivity contribution is 0.317. The van der Waals surface area contributed by atoms with Crippen molar-refractivity contribution >= 4 is 0 Å². The van der Waals surface area contributed by atoms with Gasteiger partial charge < -0.3 is 5.11 Å². The van der Waals surface area contributed by atoms with Gasteiger partial charge in [-0.15, -0.1) is 0 Å². The molecule has 0 amide bonds. The zero-order chi connectivity index (χ0) is 8.43. The molecule has 1 atom stereocenters. The minimum atomic E-state index is -0.841. The second-order valence-corrected chi connectivity index (χ2v) is 2.59. The average Bonchev–Trinajstić information content (AvgIpc) is 2.01. The van der Waals surface area contributed by atoms with Crippen LogP contribution >= 0.6 is 0 Å². The van der Waals surface area contributed by atoms with Crippen LogP contribution in [0.4, 0.5) is 8.78 Å². The number of halogens is 2. The van der Waals surface area contributed by atoms with Gasteiger partial charge in [0.1, 0.15) is 5.83 Å². The average molecular weight is 160 g/mol. The van der Waals surface area contributed by atoms with Crippen molar-refractivity contribution in [2.75, 3.05) is 0 Å². The molecule has 1 nitrogen and oxygen atoms in total. The minimum Gasteiger partial charge on any atom is -0.503 e. The molecule has 0 aromatic carbocycles. The molecule has 3 heteroatoms. The Morgan fingerprint density at radius 3 is 2.82 bits per heavy atom. The molecular weight excluding hydrogens is 150 g/mol. The highest BCUT2D eigenvalue weighted by atomic mass is 19.1. The van der Waals surface area contributed by atoms with Gasteiger partial charge in [-0.1, -0.05) is 6.92 Å². The van der Waals surface area contributed by atoms with Crippen molar-refractivity contribution in [3.8, 4) is 0 Å². The van der Waals surface area contributed by atoms with Gasteiger partial charge in [0.15, 0.2) is 11.6 Å². The van der Waals surface area contributed by atoms with E-state index in [9.17, 15) is 8.78 Å². The Labute approximate surface area is 64.0 Å². The first kappa shape index (κ1) is 8.24. The lowest BCUT2D eigenvalue weighted by atomic mass is 9.95. The Hall–Kier alpha value is -0.860. The summed E-state index contributed by atoms with van der Waals surface area (Å²) >= 11 is 0. The molecule has 0 fully saturated rings. The summed E-state index contributed by atoms with van der Waals surface area (Å²) in [5.41, 5.74) is 0. The van der Waals surface area contributed by atoms with Gasteiger partial charge in [-0.05, 0) is 18.9 Å². The van der Waals surface area contributed by atoms with Gasteiger partial charge in [-0.3, -0.25) is 0 Å². The van der Waals surface area contributed by atoms with E-state index in [1.807, 2.05) is 0 Å². The van der Waals surface area contributed by atoms with Crippen molar-refractivity contribution in [2.24, 2.45) is 5.92 Å². The van der Waals surface area contributed by atoms with Crippen molar-refractivity contribution in [3.63, 3.8) is 0 Å². The van der Waals surface area contributed by atoms with Crippen LogP contribution in [0.5, 0.6) is 0 Å². The lowest BCUT2D eigenvalue weighted by Crippen LogP contribution is -2.06. The largest absolute Gasteiger partial charge is 0.503 e. The third kappa shape index (κ3) is 1.42. The monoisotopic (exact) mass is 160 g/mol.